The lowest BCUT2D eigenvalue weighted by Crippen LogP contribution is -2.04. The summed E-state index contributed by atoms with van der Waals surface area (Å²) in [5.74, 6) is -0.715. The number of aromatic nitrogens is 1. The van der Waals surface area contributed by atoms with Crippen LogP contribution in [0.4, 0.5) is 10.1 Å². The summed E-state index contributed by atoms with van der Waals surface area (Å²) in [4.78, 5) is 14.2. The molecule has 0 aliphatic rings. The first-order valence-electron chi connectivity index (χ1n) is 5.86. The number of nitrogens with one attached hydrogen (secondary N) is 2. The topological polar surface area (TPSA) is 54.1 Å². The molecule has 2 N–H and O–H groups in total. The minimum atomic E-state index is -0.423. The standard InChI is InChI=1S/C14H15FN2O2/c1-9-3-5-12(11(15)7-9)16-8-10-4-6-13(17-10)14(18)19-2/h3-7,16-17H,8H2,1-2H3. The third-order valence-corrected chi connectivity index (χ3v) is 2.75. The molecule has 19 heavy (non-hydrogen) atoms. The van der Waals surface area contributed by atoms with Crippen molar-refractivity contribution in [2.45, 2.75) is 13.5 Å². The van der Waals surface area contributed by atoms with E-state index >= 15 is 0 Å². The molecule has 0 spiro atoms. The monoisotopic (exact) mass is 262 g/mol. The molecule has 5 heteroatoms. The number of anilines is 1. The summed E-state index contributed by atoms with van der Waals surface area (Å²) in [6.07, 6.45) is 0. The molecule has 100 valence electrons. The summed E-state index contributed by atoms with van der Waals surface area (Å²) in [6.45, 7) is 2.23. The Morgan fingerprint density at radius 3 is 2.84 bits per heavy atom. The molecule has 0 saturated heterocycles. The van der Waals surface area contributed by atoms with Crippen LogP contribution in [0.25, 0.3) is 0 Å². The second kappa shape index (κ2) is 5.56. The number of aromatic amines is 1. The Balaban J connectivity index is 2.02. The lowest BCUT2D eigenvalue weighted by atomic mass is 10.2. The van der Waals surface area contributed by atoms with E-state index in [9.17, 15) is 9.18 Å². The van der Waals surface area contributed by atoms with E-state index in [0.29, 0.717) is 17.9 Å². The van der Waals surface area contributed by atoms with Crippen molar-refractivity contribution in [3.05, 3.63) is 53.1 Å². The van der Waals surface area contributed by atoms with Crippen LogP contribution in [0.15, 0.2) is 30.3 Å². The number of halogens is 1. The second-order valence-electron chi connectivity index (χ2n) is 4.23. The number of H-pyrrole nitrogens is 1. The summed E-state index contributed by atoms with van der Waals surface area (Å²) >= 11 is 0. The Kier molecular flexibility index (Phi) is 3.85. The normalized spacial score (nSPS) is 10.3. The van der Waals surface area contributed by atoms with E-state index < -0.39 is 5.97 Å². The lowest BCUT2D eigenvalue weighted by Gasteiger charge is -2.07. The van der Waals surface area contributed by atoms with Gasteiger partial charge in [0.05, 0.1) is 19.3 Å². The molecule has 0 bridgehead atoms. The molecule has 2 aromatic rings. The minimum absolute atomic E-state index is 0.292. The van der Waals surface area contributed by atoms with Crippen LogP contribution in [0.5, 0.6) is 0 Å². The van der Waals surface area contributed by atoms with Gasteiger partial charge in [-0.3, -0.25) is 0 Å². The largest absolute Gasteiger partial charge is 0.464 e. The van der Waals surface area contributed by atoms with Gasteiger partial charge >= 0.3 is 5.97 Å². The zero-order chi connectivity index (χ0) is 13.8. The Morgan fingerprint density at radius 2 is 2.16 bits per heavy atom. The Morgan fingerprint density at radius 1 is 1.37 bits per heavy atom. The van der Waals surface area contributed by atoms with Crippen molar-refractivity contribution in [3.63, 3.8) is 0 Å². The summed E-state index contributed by atoms with van der Waals surface area (Å²) in [6, 6.07) is 8.38. The number of rotatable bonds is 4. The molecule has 0 radical (unpaired) electrons. The summed E-state index contributed by atoms with van der Waals surface area (Å²) < 4.78 is 18.2. The average molecular weight is 262 g/mol. The third-order valence-electron chi connectivity index (χ3n) is 2.75. The fourth-order valence-electron chi connectivity index (χ4n) is 1.73. The van der Waals surface area contributed by atoms with Gasteiger partial charge in [-0.15, -0.1) is 0 Å². The van der Waals surface area contributed by atoms with E-state index in [0.717, 1.165) is 11.3 Å². The van der Waals surface area contributed by atoms with E-state index in [1.807, 2.05) is 13.0 Å². The highest BCUT2D eigenvalue weighted by Crippen LogP contribution is 2.16. The number of hydrogen-bond acceptors (Lipinski definition) is 3. The fraction of sp³-hybridized carbons (Fsp3) is 0.214. The highest BCUT2D eigenvalue weighted by molar-refractivity contribution is 5.87. The maximum atomic E-state index is 13.6. The zero-order valence-corrected chi connectivity index (χ0v) is 10.8. The van der Waals surface area contributed by atoms with Crippen LogP contribution in [0.3, 0.4) is 0 Å². The number of aryl methyl sites for hydroxylation is 1. The van der Waals surface area contributed by atoms with Crippen molar-refractivity contribution < 1.29 is 13.9 Å². The molecule has 1 aromatic carbocycles. The van der Waals surface area contributed by atoms with Crippen LogP contribution in [-0.4, -0.2) is 18.1 Å². The first kappa shape index (κ1) is 13.1. The smallest absolute Gasteiger partial charge is 0.354 e. The molecule has 0 atom stereocenters. The number of ether oxygens (including phenoxy) is 1. The van der Waals surface area contributed by atoms with Crippen molar-refractivity contribution in [2.24, 2.45) is 0 Å². The molecular weight excluding hydrogens is 247 g/mol. The van der Waals surface area contributed by atoms with Gasteiger partial charge in [0.1, 0.15) is 11.5 Å². The number of methoxy groups -OCH3 is 1. The fourth-order valence-corrected chi connectivity index (χ4v) is 1.73. The van der Waals surface area contributed by atoms with Crippen molar-refractivity contribution in [3.8, 4) is 0 Å². The minimum Gasteiger partial charge on any atom is -0.464 e. The second-order valence-corrected chi connectivity index (χ2v) is 4.23. The van der Waals surface area contributed by atoms with Crippen molar-refractivity contribution >= 4 is 11.7 Å². The van der Waals surface area contributed by atoms with Crippen molar-refractivity contribution in [2.75, 3.05) is 12.4 Å². The van der Waals surface area contributed by atoms with E-state index in [-0.39, 0.29) is 5.82 Å². The number of carbonyl (C=O) groups is 1. The van der Waals surface area contributed by atoms with Crippen LogP contribution >= 0.6 is 0 Å². The van der Waals surface area contributed by atoms with Crippen molar-refractivity contribution in [1.29, 1.82) is 0 Å². The van der Waals surface area contributed by atoms with Crippen LogP contribution < -0.4 is 5.32 Å². The van der Waals surface area contributed by atoms with E-state index in [1.54, 1.807) is 18.2 Å². The molecule has 1 aromatic heterocycles. The molecule has 0 fully saturated rings. The molecule has 4 nitrogen and oxygen atoms in total. The van der Waals surface area contributed by atoms with Crippen LogP contribution in [0, 0.1) is 12.7 Å². The molecule has 0 saturated carbocycles. The SMILES string of the molecule is COC(=O)c1ccc(CNc2ccc(C)cc2F)[nH]1. The average Bonchev–Trinajstić information content (AvgIpc) is 2.85. The molecule has 0 aliphatic carbocycles. The Bertz CT molecular complexity index is 593. The highest BCUT2D eigenvalue weighted by Gasteiger charge is 2.08. The summed E-state index contributed by atoms with van der Waals surface area (Å²) in [5.41, 5.74) is 2.46. The van der Waals surface area contributed by atoms with Gasteiger partial charge in [-0.2, -0.15) is 0 Å². The van der Waals surface area contributed by atoms with Gasteiger partial charge < -0.3 is 15.0 Å². The summed E-state index contributed by atoms with van der Waals surface area (Å²) in [5, 5.41) is 2.97. The predicted molar refractivity (Wildman–Crippen MR) is 70.6 cm³/mol. The number of esters is 1. The molecule has 1 heterocycles. The van der Waals surface area contributed by atoms with Gasteiger partial charge in [0.15, 0.2) is 0 Å². The Labute approximate surface area is 110 Å². The molecule has 2 rings (SSSR count). The third kappa shape index (κ3) is 3.13. The molecule has 0 amide bonds. The number of carbonyl (C=O) groups excluding carboxylic acids is 1. The number of benzene rings is 1. The van der Waals surface area contributed by atoms with Gasteiger partial charge in [0, 0.05) is 5.69 Å². The van der Waals surface area contributed by atoms with Gasteiger partial charge in [-0.1, -0.05) is 6.07 Å². The van der Waals surface area contributed by atoms with E-state index in [2.05, 4.69) is 15.0 Å². The predicted octanol–water partition coefficient (Wildman–Crippen LogP) is 2.86. The zero-order valence-electron chi connectivity index (χ0n) is 10.8. The van der Waals surface area contributed by atoms with Gasteiger partial charge in [-0.05, 0) is 36.8 Å². The maximum absolute atomic E-state index is 13.6. The molecule has 0 aliphatic heterocycles. The van der Waals surface area contributed by atoms with Crippen LogP contribution in [0.1, 0.15) is 21.7 Å². The highest BCUT2D eigenvalue weighted by atomic mass is 19.1. The number of hydrogen-bond donors (Lipinski definition) is 2. The summed E-state index contributed by atoms with van der Waals surface area (Å²) in [7, 11) is 1.32. The van der Waals surface area contributed by atoms with Crippen molar-refractivity contribution in [1.82, 2.24) is 4.98 Å². The first-order valence-corrected chi connectivity index (χ1v) is 5.86. The van der Waals surface area contributed by atoms with E-state index in [1.165, 1.54) is 13.2 Å². The van der Waals surface area contributed by atoms with Crippen LogP contribution in [0.2, 0.25) is 0 Å². The van der Waals surface area contributed by atoms with E-state index in [4.69, 9.17) is 0 Å². The van der Waals surface area contributed by atoms with Gasteiger partial charge in [-0.25, -0.2) is 9.18 Å². The maximum Gasteiger partial charge on any atom is 0.354 e. The molecule has 0 unspecified atom stereocenters. The van der Waals surface area contributed by atoms with Gasteiger partial charge in [0.2, 0.25) is 0 Å². The first-order chi connectivity index (χ1) is 9.10. The van der Waals surface area contributed by atoms with Crippen LogP contribution in [-0.2, 0) is 11.3 Å². The Hall–Kier alpha value is -2.30. The van der Waals surface area contributed by atoms with Gasteiger partial charge in [0.25, 0.3) is 0 Å². The quantitative estimate of drug-likeness (QED) is 0.833. The lowest BCUT2D eigenvalue weighted by molar-refractivity contribution is 0.0594. The molecular formula is C14H15FN2O2.